The number of ether oxygens (including phenoxy) is 1. The number of benzene rings is 3. The van der Waals surface area contributed by atoms with E-state index >= 15 is 0 Å². The number of imidazole rings is 1. The van der Waals surface area contributed by atoms with Crippen LogP contribution in [0, 0.1) is 0 Å². The van der Waals surface area contributed by atoms with Gasteiger partial charge in [0.15, 0.2) is 5.16 Å². The summed E-state index contributed by atoms with van der Waals surface area (Å²) in [5.41, 5.74) is 6.25. The smallest absolute Gasteiger partial charge is 0.250 e. The lowest BCUT2D eigenvalue weighted by molar-refractivity contribution is -0.118. The fraction of sp³-hybridized carbons (Fsp3) is 0.125. The Morgan fingerprint density at radius 1 is 1.16 bits per heavy atom. The number of carbonyl (C=O) groups is 1. The largest absolute Gasteiger partial charge is 0.497 e. The number of amides is 1. The molecule has 0 saturated carbocycles. The van der Waals surface area contributed by atoms with Gasteiger partial charge in [0.05, 0.1) is 36.7 Å². The van der Waals surface area contributed by atoms with Crippen LogP contribution in [0.5, 0.6) is 5.75 Å². The fourth-order valence-electron chi connectivity index (χ4n) is 3.18. The van der Waals surface area contributed by atoms with Crippen molar-refractivity contribution >= 4 is 46.5 Å². The number of carbonyl (C=O) groups excluding carboxylic acids is 1. The first-order valence-electron chi connectivity index (χ1n) is 9.91. The third kappa shape index (κ3) is 5.30. The quantitative estimate of drug-likeness (QED) is 0.226. The Hall–Kier alpha value is -3.29. The average Bonchev–Trinajstić information content (AvgIpc) is 3.16. The predicted molar refractivity (Wildman–Crippen MR) is 130 cm³/mol. The number of aromatic nitrogens is 2. The number of nitrogens with zero attached hydrogens (tertiary/aromatic N) is 3. The second-order valence-electron chi connectivity index (χ2n) is 6.92. The molecule has 0 aliphatic heterocycles. The van der Waals surface area contributed by atoms with E-state index in [-0.39, 0.29) is 11.7 Å². The average molecular weight is 465 g/mol. The molecule has 0 fully saturated rings. The van der Waals surface area contributed by atoms with Gasteiger partial charge in [-0.15, -0.1) is 0 Å². The first kappa shape index (κ1) is 21.9. The first-order valence-corrected chi connectivity index (χ1v) is 11.3. The van der Waals surface area contributed by atoms with Crippen LogP contribution < -0.4 is 10.2 Å². The predicted octanol–water partition coefficient (Wildman–Crippen LogP) is 4.99. The molecule has 0 unspecified atom stereocenters. The summed E-state index contributed by atoms with van der Waals surface area (Å²) in [6.45, 7) is 0.568. The minimum absolute atomic E-state index is 0.182. The highest BCUT2D eigenvalue weighted by Gasteiger charge is 2.14. The van der Waals surface area contributed by atoms with E-state index in [4.69, 9.17) is 21.3 Å². The van der Waals surface area contributed by atoms with E-state index in [0.29, 0.717) is 11.6 Å². The van der Waals surface area contributed by atoms with E-state index in [9.17, 15) is 4.79 Å². The van der Waals surface area contributed by atoms with E-state index < -0.39 is 0 Å². The van der Waals surface area contributed by atoms with Gasteiger partial charge in [0, 0.05) is 5.02 Å². The van der Waals surface area contributed by atoms with Gasteiger partial charge in [-0.1, -0.05) is 65.8 Å². The van der Waals surface area contributed by atoms with Crippen molar-refractivity contribution in [1.82, 2.24) is 15.0 Å². The Bertz CT molecular complexity index is 1270. The van der Waals surface area contributed by atoms with E-state index in [1.165, 1.54) is 11.8 Å². The van der Waals surface area contributed by atoms with Gasteiger partial charge in [-0.3, -0.25) is 4.79 Å². The van der Waals surface area contributed by atoms with Crippen molar-refractivity contribution < 1.29 is 9.53 Å². The molecule has 0 aliphatic rings. The SMILES string of the molecule is COc1cccc(/C=N\NC(=O)CSc2nc3ccccc3n2Cc2ccccc2Cl)c1. The highest BCUT2D eigenvalue weighted by atomic mass is 35.5. The second-order valence-corrected chi connectivity index (χ2v) is 8.27. The minimum atomic E-state index is -0.217. The number of methoxy groups -OCH3 is 1. The minimum Gasteiger partial charge on any atom is -0.497 e. The Labute approximate surface area is 195 Å². The maximum absolute atomic E-state index is 12.3. The number of nitrogens with one attached hydrogen (secondary N) is 1. The molecule has 3 aromatic carbocycles. The van der Waals surface area contributed by atoms with Gasteiger partial charge >= 0.3 is 0 Å². The van der Waals surface area contributed by atoms with Crippen LogP contribution in [0.25, 0.3) is 11.0 Å². The summed E-state index contributed by atoms with van der Waals surface area (Å²) in [5, 5.41) is 5.48. The molecule has 1 aromatic heterocycles. The van der Waals surface area contributed by atoms with Gasteiger partial charge < -0.3 is 9.30 Å². The van der Waals surface area contributed by atoms with Crippen LogP contribution in [0.15, 0.2) is 83.1 Å². The lowest BCUT2D eigenvalue weighted by Crippen LogP contribution is -2.20. The molecule has 1 N–H and O–H groups in total. The zero-order valence-corrected chi connectivity index (χ0v) is 18.9. The summed E-state index contributed by atoms with van der Waals surface area (Å²) in [4.78, 5) is 17.0. The summed E-state index contributed by atoms with van der Waals surface area (Å²) < 4.78 is 7.26. The maximum Gasteiger partial charge on any atom is 0.250 e. The Morgan fingerprint density at radius 2 is 1.97 bits per heavy atom. The second kappa shape index (κ2) is 10.3. The molecule has 0 saturated heterocycles. The highest BCUT2D eigenvalue weighted by molar-refractivity contribution is 7.99. The van der Waals surface area contributed by atoms with Crippen molar-refractivity contribution in [3.05, 3.63) is 88.9 Å². The molecule has 4 rings (SSSR count). The fourth-order valence-corrected chi connectivity index (χ4v) is 4.18. The molecule has 0 radical (unpaired) electrons. The zero-order valence-electron chi connectivity index (χ0n) is 17.4. The van der Waals surface area contributed by atoms with Crippen LogP contribution in [0.2, 0.25) is 5.02 Å². The van der Waals surface area contributed by atoms with Crippen LogP contribution in [-0.4, -0.2) is 34.5 Å². The van der Waals surface area contributed by atoms with Gasteiger partial charge in [0.2, 0.25) is 0 Å². The van der Waals surface area contributed by atoms with Gasteiger partial charge in [0.1, 0.15) is 5.75 Å². The number of hydrogen-bond donors (Lipinski definition) is 1. The molecule has 0 atom stereocenters. The molecular formula is C24H21ClN4O2S. The maximum atomic E-state index is 12.3. The molecule has 0 bridgehead atoms. The Kier molecular flexibility index (Phi) is 7.09. The van der Waals surface area contributed by atoms with Crippen molar-refractivity contribution in [1.29, 1.82) is 0 Å². The number of para-hydroxylation sites is 2. The number of hydrazone groups is 1. The van der Waals surface area contributed by atoms with Crippen LogP contribution in [-0.2, 0) is 11.3 Å². The lowest BCUT2D eigenvalue weighted by atomic mass is 10.2. The van der Waals surface area contributed by atoms with Crippen LogP contribution in [0.1, 0.15) is 11.1 Å². The van der Waals surface area contributed by atoms with Crippen molar-refractivity contribution in [3.63, 3.8) is 0 Å². The third-order valence-corrected chi connectivity index (χ3v) is 6.08. The van der Waals surface area contributed by atoms with E-state index in [0.717, 1.165) is 33.1 Å². The number of halogens is 1. The third-order valence-electron chi connectivity index (χ3n) is 4.73. The molecule has 162 valence electrons. The molecule has 0 spiro atoms. The molecule has 4 aromatic rings. The standard InChI is InChI=1S/C24H21ClN4O2S/c1-31-19-9-6-7-17(13-19)14-26-28-23(30)16-32-24-27-21-11-4-5-12-22(21)29(24)15-18-8-2-3-10-20(18)25/h2-14H,15-16H2,1H3,(H,28,30)/b26-14-. The normalized spacial score (nSPS) is 11.2. The van der Waals surface area contributed by atoms with Crippen molar-refractivity contribution in [3.8, 4) is 5.75 Å². The van der Waals surface area contributed by atoms with Crippen molar-refractivity contribution in [2.45, 2.75) is 11.7 Å². The van der Waals surface area contributed by atoms with Gasteiger partial charge in [-0.2, -0.15) is 5.10 Å². The Morgan fingerprint density at radius 3 is 2.81 bits per heavy atom. The van der Waals surface area contributed by atoms with E-state index in [1.807, 2.05) is 72.8 Å². The zero-order chi connectivity index (χ0) is 22.3. The summed E-state index contributed by atoms with van der Waals surface area (Å²) in [6.07, 6.45) is 1.58. The molecule has 1 heterocycles. The molecule has 6 nitrogen and oxygen atoms in total. The molecule has 0 aliphatic carbocycles. The topological polar surface area (TPSA) is 68.5 Å². The van der Waals surface area contributed by atoms with Crippen LogP contribution in [0.3, 0.4) is 0 Å². The lowest BCUT2D eigenvalue weighted by Gasteiger charge is -2.10. The molecule has 1 amide bonds. The van der Waals surface area contributed by atoms with Crippen molar-refractivity contribution in [2.75, 3.05) is 12.9 Å². The van der Waals surface area contributed by atoms with Gasteiger partial charge in [-0.25, -0.2) is 10.4 Å². The first-order chi connectivity index (χ1) is 15.6. The summed E-state index contributed by atoms with van der Waals surface area (Å²) in [6, 6.07) is 23.1. The number of thioether (sulfide) groups is 1. The van der Waals surface area contributed by atoms with E-state index in [2.05, 4.69) is 15.1 Å². The number of fused-ring (bicyclic) bond motifs is 1. The van der Waals surface area contributed by atoms with Gasteiger partial charge in [0.25, 0.3) is 5.91 Å². The van der Waals surface area contributed by atoms with Crippen molar-refractivity contribution in [2.24, 2.45) is 5.10 Å². The van der Waals surface area contributed by atoms with E-state index in [1.54, 1.807) is 13.3 Å². The molecule has 32 heavy (non-hydrogen) atoms. The van der Waals surface area contributed by atoms with Crippen LogP contribution in [0.4, 0.5) is 0 Å². The molecular weight excluding hydrogens is 444 g/mol. The van der Waals surface area contributed by atoms with Gasteiger partial charge in [-0.05, 0) is 41.5 Å². The summed E-state index contributed by atoms with van der Waals surface area (Å²) in [7, 11) is 1.61. The Balaban J connectivity index is 1.45. The molecule has 8 heteroatoms. The summed E-state index contributed by atoms with van der Waals surface area (Å²) >= 11 is 7.73. The number of rotatable bonds is 8. The van der Waals surface area contributed by atoms with Crippen LogP contribution >= 0.6 is 23.4 Å². The summed E-state index contributed by atoms with van der Waals surface area (Å²) in [5.74, 6) is 0.695. The number of hydrogen-bond acceptors (Lipinski definition) is 5. The highest BCUT2D eigenvalue weighted by Crippen LogP contribution is 2.27. The monoisotopic (exact) mass is 464 g/mol.